The number of esters is 1. The summed E-state index contributed by atoms with van der Waals surface area (Å²) >= 11 is 0. The first-order valence-electron chi connectivity index (χ1n) is 17.9. The number of hydrogen-bond acceptors (Lipinski definition) is 9. The van der Waals surface area contributed by atoms with Crippen molar-refractivity contribution in [2.75, 3.05) is 13.1 Å². The van der Waals surface area contributed by atoms with Gasteiger partial charge in [0.25, 0.3) is 0 Å². The number of nitrogens with one attached hydrogen (secondary N) is 2. The van der Waals surface area contributed by atoms with Crippen molar-refractivity contribution in [1.82, 2.24) is 15.7 Å². The van der Waals surface area contributed by atoms with E-state index < -0.39 is 17.8 Å². The summed E-state index contributed by atoms with van der Waals surface area (Å²) in [7, 11) is 0. The molecule has 4 N–H and O–H groups in total. The molecule has 0 aliphatic carbocycles. The Morgan fingerprint density at radius 2 is 1.59 bits per heavy atom. The second kappa shape index (κ2) is 17.9. The summed E-state index contributed by atoms with van der Waals surface area (Å²) in [5, 5.41) is 21.2. The fourth-order valence-corrected chi connectivity index (χ4v) is 6.66. The molecule has 3 aromatic rings. The van der Waals surface area contributed by atoms with Crippen LogP contribution in [0.4, 0.5) is 0 Å². The number of ether oxygens (including phenoxy) is 3. The van der Waals surface area contributed by atoms with E-state index in [0.717, 1.165) is 52.8 Å². The van der Waals surface area contributed by atoms with Gasteiger partial charge in [-0.15, -0.1) is 0 Å². The standard InChI is InChI=1S/C40H51N3O8/c1-40(2,3)51-38(47)34-11-8-22-43(34)25-32-23-35(29-16-14-27(26-44)15-17-29)50-39(49-32)30-20-18-28(19-21-30)33-10-5-4-9-31(33)24-41-36(45)12-6-7-13-37(46)42-48/h4-5,9-10,14-21,32,34-35,39,44,48H,6-8,11-13,22-26H2,1-3H3,(H,41,45)(H,42,46)/t32-,34+,35+,39+/m1/s1. The van der Waals surface area contributed by atoms with Gasteiger partial charge in [-0.2, -0.15) is 0 Å². The average Bonchev–Trinajstić information content (AvgIpc) is 3.60. The summed E-state index contributed by atoms with van der Waals surface area (Å²) in [5.74, 6) is -0.752. The molecule has 2 aliphatic rings. The predicted molar refractivity (Wildman–Crippen MR) is 191 cm³/mol. The van der Waals surface area contributed by atoms with E-state index in [1.807, 2.05) is 93.6 Å². The summed E-state index contributed by atoms with van der Waals surface area (Å²) in [6.07, 6.45) is 2.72. The lowest BCUT2D eigenvalue weighted by Gasteiger charge is -2.38. The molecular weight excluding hydrogens is 650 g/mol. The van der Waals surface area contributed by atoms with Crippen LogP contribution in [-0.2, 0) is 41.7 Å². The molecule has 274 valence electrons. The Morgan fingerprint density at radius 1 is 0.902 bits per heavy atom. The number of rotatable bonds is 14. The topological polar surface area (TPSA) is 147 Å². The van der Waals surface area contributed by atoms with Crippen LogP contribution in [0.15, 0.2) is 72.8 Å². The molecule has 0 saturated carbocycles. The highest BCUT2D eigenvalue weighted by Gasteiger charge is 2.39. The summed E-state index contributed by atoms with van der Waals surface area (Å²) in [5.41, 5.74) is 6.70. The number of carbonyl (C=O) groups excluding carboxylic acids is 3. The number of unbranched alkanes of at least 4 members (excludes halogenated alkanes) is 1. The summed E-state index contributed by atoms with van der Waals surface area (Å²) in [4.78, 5) is 38.9. The summed E-state index contributed by atoms with van der Waals surface area (Å²) in [6.45, 7) is 7.37. The van der Waals surface area contributed by atoms with Crippen LogP contribution in [0, 0.1) is 0 Å². The fraction of sp³-hybridized carbons (Fsp3) is 0.475. The molecule has 0 radical (unpaired) electrons. The molecule has 0 spiro atoms. The maximum absolute atomic E-state index is 13.1. The largest absolute Gasteiger partial charge is 0.459 e. The minimum atomic E-state index is -0.638. The Kier molecular flexibility index (Phi) is 13.4. The van der Waals surface area contributed by atoms with Crippen LogP contribution in [0.1, 0.15) is 100 Å². The molecule has 0 bridgehead atoms. The zero-order valence-electron chi connectivity index (χ0n) is 29.8. The van der Waals surface area contributed by atoms with Crippen LogP contribution in [-0.4, -0.2) is 63.8 Å². The highest BCUT2D eigenvalue weighted by Crippen LogP contribution is 2.39. The maximum atomic E-state index is 13.1. The van der Waals surface area contributed by atoms with Crippen LogP contribution in [0.25, 0.3) is 11.1 Å². The van der Waals surface area contributed by atoms with Crippen LogP contribution in [0.2, 0.25) is 0 Å². The minimum absolute atomic E-state index is 0.0313. The number of benzene rings is 3. The lowest BCUT2D eigenvalue weighted by atomic mass is 9.97. The van der Waals surface area contributed by atoms with Crippen molar-refractivity contribution in [2.24, 2.45) is 0 Å². The third kappa shape index (κ3) is 10.9. The van der Waals surface area contributed by atoms with Gasteiger partial charge in [-0.3, -0.25) is 24.5 Å². The molecule has 2 amide bonds. The number of aliphatic hydroxyl groups excluding tert-OH is 1. The number of carbonyl (C=O) groups is 3. The second-order valence-corrected chi connectivity index (χ2v) is 14.3. The van der Waals surface area contributed by atoms with Crippen molar-refractivity contribution in [3.8, 4) is 11.1 Å². The molecule has 5 rings (SSSR count). The Hall–Kier alpha value is -4.13. The third-order valence-electron chi connectivity index (χ3n) is 9.27. The van der Waals surface area contributed by atoms with Crippen LogP contribution >= 0.6 is 0 Å². The molecular formula is C40H51N3O8. The van der Waals surface area contributed by atoms with Crippen molar-refractivity contribution in [3.05, 3.63) is 95.1 Å². The van der Waals surface area contributed by atoms with Crippen LogP contribution < -0.4 is 10.8 Å². The molecule has 2 fully saturated rings. The fourth-order valence-electron chi connectivity index (χ4n) is 6.66. The van der Waals surface area contributed by atoms with Crippen molar-refractivity contribution < 1.29 is 38.9 Å². The van der Waals surface area contributed by atoms with Gasteiger partial charge in [-0.1, -0.05) is 72.8 Å². The molecule has 11 heteroatoms. The molecule has 51 heavy (non-hydrogen) atoms. The third-order valence-corrected chi connectivity index (χ3v) is 9.27. The first-order chi connectivity index (χ1) is 24.5. The zero-order valence-corrected chi connectivity index (χ0v) is 29.8. The van der Waals surface area contributed by atoms with Gasteiger partial charge in [-0.05, 0) is 80.8 Å². The second-order valence-electron chi connectivity index (χ2n) is 14.3. The van der Waals surface area contributed by atoms with Crippen molar-refractivity contribution in [1.29, 1.82) is 0 Å². The van der Waals surface area contributed by atoms with Crippen LogP contribution in [0.3, 0.4) is 0 Å². The Balaban J connectivity index is 1.28. The van der Waals surface area contributed by atoms with E-state index in [4.69, 9.17) is 19.4 Å². The number of amides is 2. The van der Waals surface area contributed by atoms with E-state index in [-0.39, 0.29) is 43.2 Å². The van der Waals surface area contributed by atoms with Crippen molar-refractivity contribution in [2.45, 2.75) is 109 Å². The monoisotopic (exact) mass is 701 g/mol. The number of aliphatic hydroxyl groups is 1. The van der Waals surface area contributed by atoms with E-state index in [2.05, 4.69) is 10.2 Å². The minimum Gasteiger partial charge on any atom is -0.459 e. The summed E-state index contributed by atoms with van der Waals surface area (Å²) in [6, 6.07) is 23.5. The van der Waals surface area contributed by atoms with Gasteiger partial charge in [-0.25, -0.2) is 5.48 Å². The number of likely N-dealkylation sites (tertiary alicyclic amines) is 1. The van der Waals surface area contributed by atoms with E-state index in [1.54, 1.807) is 5.48 Å². The van der Waals surface area contributed by atoms with Gasteiger partial charge >= 0.3 is 5.97 Å². The predicted octanol–water partition coefficient (Wildman–Crippen LogP) is 5.88. The van der Waals surface area contributed by atoms with Crippen molar-refractivity contribution >= 4 is 17.8 Å². The molecule has 2 aliphatic heterocycles. The van der Waals surface area contributed by atoms with Gasteiger partial charge in [0.05, 0.1) is 18.8 Å². The van der Waals surface area contributed by atoms with E-state index in [1.165, 1.54) is 0 Å². The normalized spacial score (nSPS) is 20.9. The lowest BCUT2D eigenvalue weighted by Crippen LogP contribution is -2.45. The first-order valence-corrected chi connectivity index (χ1v) is 17.9. The number of nitrogens with zero attached hydrogens (tertiary/aromatic N) is 1. The van der Waals surface area contributed by atoms with Gasteiger partial charge in [0.2, 0.25) is 11.8 Å². The Morgan fingerprint density at radius 3 is 2.27 bits per heavy atom. The lowest BCUT2D eigenvalue weighted by molar-refractivity contribution is -0.253. The molecule has 0 aromatic heterocycles. The van der Waals surface area contributed by atoms with Gasteiger partial charge in [0.1, 0.15) is 11.6 Å². The Labute approximate surface area is 300 Å². The van der Waals surface area contributed by atoms with E-state index in [0.29, 0.717) is 38.8 Å². The quantitative estimate of drug-likeness (QED) is 0.0701. The van der Waals surface area contributed by atoms with Gasteiger partial charge < -0.3 is 24.6 Å². The molecule has 3 aromatic carbocycles. The van der Waals surface area contributed by atoms with Crippen molar-refractivity contribution in [3.63, 3.8) is 0 Å². The smallest absolute Gasteiger partial charge is 0.323 e. The zero-order chi connectivity index (χ0) is 36.4. The highest BCUT2D eigenvalue weighted by molar-refractivity contribution is 5.77. The summed E-state index contributed by atoms with van der Waals surface area (Å²) < 4.78 is 19.0. The SMILES string of the molecule is CC(C)(C)OC(=O)[C@@H]1CCCN1C[C@H]1C[C@@H](c2ccc(CO)cc2)O[C@@H](c2ccc(-c3ccccc3CNC(=O)CCCCC(=O)NO)cc2)O1. The van der Waals surface area contributed by atoms with Gasteiger partial charge in [0.15, 0.2) is 6.29 Å². The Bertz CT molecular complexity index is 1610. The van der Waals surface area contributed by atoms with Gasteiger partial charge in [0, 0.05) is 37.9 Å². The number of hydroxylamine groups is 1. The van der Waals surface area contributed by atoms with E-state index >= 15 is 0 Å². The van der Waals surface area contributed by atoms with E-state index in [9.17, 15) is 19.5 Å². The maximum Gasteiger partial charge on any atom is 0.323 e. The average molecular weight is 702 g/mol. The number of hydrogen-bond donors (Lipinski definition) is 4. The molecule has 4 atom stereocenters. The molecule has 2 saturated heterocycles. The molecule has 2 heterocycles. The first kappa shape index (κ1) is 38.1. The molecule has 0 unspecified atom stereocenters. The molecule has 11 nitrogen and oxygen atoms in total. The highest BCUT2D eigenvalue weighted by atomic mass is 16.7. The van der Waals surface area contributed by atoms with Crippen LogP contribution in [0.5, 0.6) is 0 Å².